The number of ether oxygens (including phenoxy) is 2. The molecule has 0 saturated heterocycles. The summed E-state index contributed by atoms with van der Waals surface area (Å²) in [5.41, 5.74) is 1.13. The van der Waals surface area contributed by atoms with Gasteiger partial charge in [-0.2, -0.15) is 0 Å². The fourth-order valence-corrected chi connectivity index (χ4v) is 4.43. The average molecular weight is 480 g/mol. The predicted molar refractivity (Wildman–Crippen MR) is 125 cm³/mol. The zero-order valence-electron chi connectivity index (χ0n) is 17.6. The van der Waals surface area contributed by atoms with E-state index in [0.717, 1.165) is 0 Å². The normalized spacial score (nSPS) is 15.4. The van der Waals surface area contributed by atoms with Crippen LogP contribution in [0.15, 0.2) is 54.6 Å². The number of aliphatic hydroxyl groups excluding tert-OH is 2. The van der Waals surface area contributed by atoms with Gasteiger partial charge in [-0.1, -0.05) is 6.07 Å². The molecule has 3 aromatic carbocycles. The Balaban J connectivity index is 1.58. The van der Waals surface area contributed by atoms with Gasteiger partial charge in [0.25, 0.3) is 0 Å². The van der Waals surface area contributed by atoms with Gasteiger partial charge >= 0.3 is 5.97 Å². The number of aromatic hydroxyl groups is 2. The van der Waals surface area contributed by atoms with Crippen LogP contribution in [0.25, 0.3) is 0 Å². The van der Waals surface area contributed by atoms with Crippen LogP contribution in [0.5, 0.6) is 23.0 Å². The van der Waals surface area contributed by atoms with Crippen molar-refractivity contribution in [1.82, 2.24) is 5.32 Å². The number of phenolic OH excluding ortho intramolecular Hbond substituents is 2. The second-order valence-corrected chi connectivity index (χ2v) is 8.37. The van der Waals surface area contributed by atoms with Crippen molar-refractivity contribution in [3.05, 3.63) is 76.9 Å². The number of rotatable bonds is 4. The van der Waals surface area contributed by atoms with Crippen molar-refractivity contribution < 1.29 is 34.7 Å². The van der Waals surface area contributed by atoms with E-state index in [0.29, 0.717) is 39.4 Å². The summed E-state index contributed by atoms with van der Waals surface area (Å²) < 4.78 is 11.9. The number of hydrogen-bond acceptors (Lipinski definition) is 8. The molecule has 9 nitrogen and oxygen atoms in total. The molecule has 2 heterocycles. The van der Waals surface area contributed by atoms with Crippen molar-refractivity contribution in [3.8, 4) is 23.0 Å². The topological polar surface area (TPSA) is 141 Å². The first-order valence-corrected chi connectivity index (χ1v) is 10.8. The zero-order chi connectivity index (χ0) is 24.0. The average Bonchev–Trinajstić information content (AvgIpc) is 3.09. The molecule has 0 amide bonds. The summed E-state index contributed by atoms with van der Waals surface area (Å²) in [6.45, 7) is -0.337. The second-order valence-electron chi connectivity index (χ2n) is 7.97. The fraction of sp³-hybridized carbons (Fsp3) is 0.167. The highest BCUT2D eigenvalue weighted by Crippen LogP contribution is 2.57. The number of phenols is 2. The predicted octanol–water partition coefficient (Wildman–Crippen LogP) is 2.31. The zero-order valence-corrected chi connectivity index (χ0v) is 18.4. The quantitative estimate of drug-likeness (QED) is 0.243. The van der Waals surface area contributed by atoms with Gasteiger partial charge < -0.3 is 40.5 Å². The standard InChI is InChI=1S/C24H20N2O7S/c27-11-15(30)10-25-23(34)26-12-1-4-17-16(7-12)22(31)33-24(17)18-5-2-13(28)8-20(18)32-21-9-14(29)3-6-19(21)24/h1-9,15,27-30H,10-11H2,(H2,25,26,34). The Bertz CT molecular complexity index is 1280. The highest BCUT2D eigenvalue weighted by atomic mass is 32.1. The molecule has 0 bridgehead atoms. The lowest BCUT2D eigenvalue weighted by atomic mass is 9.77. The fourth-order valence-electron chi connectivity index (χ4n) is 4.23. The Labute approximate surface area is 199 Å². The minimum absolute atomic E-state index is 0.0195. The molecule has 0 aromatic heterocycles. The van der Waals surface area contributed by atoms with Gasteiger partial charge in [-0.3, -0.25) is 0 Å². The lowest BCUT2D eigenvalue weighted by Gasteiger charge is -2.36. The first-order valence-electron chi connectivity index (χ1n) is 10.4. The summed E-state index contributed by atoms with van der Waals surface area (Å²) in [7, 11) is 0. The molecule has 0 aliphatic carbocycles. The van der Waals surface area contributed by atoms with Crippen LogP contribution in [-0.2, 0) is 10.3 Å². The molecule has 34 heavy (non-hydrogen) atoms. The van der Waals surface area contributed by atoms with Gasteiger partial charge in [-0.05, 0) is 48.6 Å². The van der Waals surface area contributed by atoms with E-state index in [4.69, 9.17) is 26.8 Å². The molecule has 10 heteroatoms. The lowest BCUT2D eigenvalue weighted by molar-refractivity contribution is 0.0224. The molecule has 1 unspecified atom stereocenters. The number of thiocarbonyl (C=S) groups is 1. The molecule has 0 radical (unpaired) electrons. The number of carbonyl (C=O) groups excluding carboxylic acids is 1. The van der Waals surface area contributed by atoms with E-state index >= 15 is 0 Å². The molecule has 3 aromatic rings. The smallest absolute Gasteiger partial charge is 0.340 e. The van der Waals surface area contributed by atoms with Gasteiger partial charge in [0.2, 0.25) is 0 Å². The van der Waals surface area contributed by atoms with Crippen molar-refractivity contribution in [3.63, 3.8) is 0 Å². The van der Waals surface area contributed by atoms with E-state index in [1.54, 1.807) is 30.3 Å². The highest BCUT2D eigenvalue weighted by molar-refractivity contribution is 7.80. The summed E-state index contributed by atoms with van der Waals surface area (Å²) in [4.78, 5) is 13.1. The largest absolute Gasteiger partial charge is 0.508 e. The Morgan fingerprint density at radius 1 is 0.971 bits per heavy atom. The second kappa shape index (κ2) is 8.17. The van der Waals surface area contributed by atoms with Crippen molar-refractivity contribution in [2.75, 3.05) is 18.5 Å². The number of aliphatic hydroxyl groups is 2. The van der Waals surface area contributed by atoms with E-state index in [1.807, 2.05) is 0 Å². The van der Waals surface area contributed by atoms with E-state index < -0.39 is 24.3 Å². The molecular weight excluding hydrogens is 460 g/mol. The Morgan fingerprint density at radius 3 is 2.21 bits per heavy atom. The molecule has 0 saturated carbocycles. The molecule has 1 spiro atoms. The van der Waals surface area contributed by atoms with Gasteiger partial charge in [0, 0.05) is 41.1 Å². The number of anilines is 1. The summed E-state index contributed by atoms with van der Waals surface area (Å²) in [6.07, 6.45) is -0.956. The van der Waals surface area contributed by atoms with E-state index in [2.05, 4.69) is 10.6 Å². The SMILES string of the molecule is O=C1OC2(c3ccc(O)cc3Oc3cc(O)ccc32)c2ccc(NC(=S)NCC(O)CO)cc21. The Kier molecular flexibility index (Phi) is 5.28. The molecule has 6 N–H and O–H groups in total. The van der Waals surface area contributed by atoms with Gasteiger partial charge in [-0.15, -0.1) is 0 Å². The van der Waals surface area contributed by atoms with Gasteiger partial charge in [0.1, 0.15) is 23.0 Å². The van der Waals surface area contributed by atoms with Crippen LogP contribution in [0.1, 0.15) is 27.0 Å². The Hall–Kier alpha value is -3.86. The van der Waals surface area contributed by atoms with Crippen molar-refractivity contribution >= 4 is 29.0 Å². The molecule has 174 valence electrons. The molecular formula is C24H20N2O7S. The van der Waals surface area contributed by atoms with E-state index in [9.17, 15) is 20.1 Å². The maximum absolute atomic E-state index is 13.1. The van der Waals surface area contributed by atoms with Crippen LogP contribution >= 0.6 is 12.2 Å². The van der Waals surface area contributed by atoms with Gasteiger partial charge in [0.05, 0.1) is 18.3 Å². The van der Waals surface area contributed by atoms with Crippen molar-refractivity contribution in [2.24, 2.45) is 0 Å². The Morgan fingerprint density at radius 2 is 1.59 bits per heavy atom. The van der Waals surface area contributed by atoms with Crippen LogP contribution in [0.3, 0.4) is 0 Å². The molecule has 1 atom stereocenters. The number of nitrogens with one attached hydrogen (secondary N) is 2. The highest BCUT2D eigenvalue weighted by Gasteiger charge is 2.53. The van der Waals surface area contributed by atoms with Gasteiger partial charge in [0.15, 0.2) is 10.7 Å². The molecule has 0 fully saturated rings. The number of hydrogen-bond donors (Lipinski definition) is 6. The number of carbonyl (C=O) groups is 1. The summed E-state index contributed by atoms with van der Waals surface area (Å²) in [5, 5.41) is 44.3. The monoisotopic (exact) mass is 480 g/mol. The molecule has 5 rings (SSSR count). The minimum Gasteiger partial charge on any atom is -0.508 e. The summed E-state index contributed by atoms with van der Waals surface area (Å²) in [6, 6.07) is 14.2. The summed E-state index contributed by atoms with van der Waals surface area (Å²) in [5.74, 6) is -0.00132. The third-order valence-corrected chi connectivity index (χ3v) is 5.99. The third kappa shape index (κ3) is 3.48. The van der Waals surface area contributed by atoms with Crippen LogP contribution in [0.2, 0.25) is 0 Å². The molecule has 2 aliphatic heterocycles. The number of fused-ring (bicyclic) bond motifs is 6. The molecule has 2 aliphatic rings. The van der Waals surface area contributed by atoms with Crippen LogP contribution in [0, 0.1) is 0 Å². The van der Waals surface area contributed by atoms with Crippen molar-refractivity contribution in [2.45, 2.75) is 11.7 Å². The number of benzene rings is 3. The first-order chi connectivity index (χ1) is 16.3. The lowest BCUT2D eigenvalue weighted by Crippen LogP contribution is -2.36. The van der Waals surface area contributed by atoms with E-state index in [-0.39, 0.29) is 23.2 Å². The third-order valence-electron chi connectivity index (χ3n) is 5.74. The van der Waals surface area contributed by atoms with Crippen LogP contribution in [0.4, 0.5) is 5.69 Å². The maximum atomic E-state index is 13.1. The van der Waals surface area contributed by atoms with Crippen LogP contribution in [-0.4, -0.2) is 50.8 Å². The van der Waals surface area contributed by atoms with Gasteiger partial charge in [-0.25, -0.2) is 4.79 Å². The first kappa shape index (κ1) is 22.0. The van der Waals surface area contributed by atoms with Crippen LogP contribution < -0.4 is 15.4 Å². The van der Waals surface area contributed by atoms with Crippen molar-refractivity contribution in [1.29, 1.82) is 0 Å². The maximum Gasteiger partial charge on any atom is 0.340 e. The minimum atomic E-state index is -1.33. The number of esters is 1. The summed E-state index contributed by atoms with van der Waals surface area (Å²) >= 11 is 5.21. The van der Waals surface area contributed by atoms with E-state index in [1.165, 1.54) is 24.3 Å².